The summed E-state index contributed by atoms with van der Waals surface area (Å²) in [5.41, 5.74) is 1.91. The van der Waals surface area contributed by atoms with E-state index in [-0.39, 0.29) is 0 Å². The summed E-state index contributed by atoms with van der Waals surface area (Å²) in [6.45, 7) is 3.12. The molecule has 1 aromatic heterocycles. The fourth-order valence-electron chi connectivity index (χ4n) is 1.42. The van der Waals surface area contributed by atoms with Gasteiger partial charge in [0.15, 0.2) is 0 Å². The number of aromatic amines is 1. The molecule has 0 aliphatic carbocycles. The van der Waals surface area contributed by atoms with Gasteiger partial charge < -0.3 is 5.32 Å². The lowest BCUT2D eigenvalue weighted by atomic mass is 10.3. The molecule has 0 fully saturated rings. The summed E-state index contributed by atoms with van der Waals surface area (Å²) in [6, 6.07) is 7.85. The van der Waals surface area contributed by atoms with Crippen LogP contribution in [-0.4, -0.2) is 16.7 Å². The van der Waals surface area contributed by atoms with Crippen molar-refractivity contribution < 1.29 is 4.57 Å². The normalized spacial score (nSPS) is 11.0. The number of aryl methyl sites for hydroxylation is 1. The highest BCUT2D eigenvalue weighted by molar-refractivity contribution is 5.50. The lowest BCUT2D eigenvalue weighted by molar-refractivity contribution is -0.658. The molecule has 1 aromatic carbocycles. The van der Waals surface area contributed by atoms with Crippen molar-refractivity contribution in [2.45, 2.75) is 13.3 Å². The first-order chi connectivity index (χ1) is 8.79. The summed E-state index contributed by atoms with van der Waals surface area (Å²) in [6.07, 6.45) is 2.75. The van der Waals surface area contributed by atoms with E-state index in [9.17, 15) is 0 Å². The van der Waals surface area contributed by atoms with Gasteiger partial charge in [0.25, 0.3) is 0 Å². The van der Waals surface area contributed by atoms with E-state index in [1.807, 2.05) is 31.3 Å². The summed E-state index contributed by atoms with van der Waals surface area (Å²) in [7, 11) is 1.86. The van der Waals surface area contributed by atoms with E-state index in [2.05, 4.69) is 32.7 Å². The zero-order valence-corrected chi connectivity index (χ0v) is 10.6. The van der Waals surface area contributed by atoms with Gasteiger partial charge in [0, 0.05) is 17.3 Å². The number of benzene rings is 1. The number of anilines is 1. The molecule has 6 heteroatoms. The van der Waals surface area contributed by atoms with Crippen molar-refractivity contribution in [1.82, 2.24) is 10.2 Å². The van der Waals surface area contributed by atoms with E-state index in [0.717, 1.165) is 24.3 Å². The highest BCUT2D eigenvalue weighted by Crippen LogP contribution is 2.17. The second-order valence-corrected chi connectivity index (χ2v) is 3.96. The largest absolute Gasteiger partial charge is 0.401 e. The molecule has 0 bridgehead atoms. The van der Waals surface area contributed by atoms with Crippen LogP contribution in [0.5, 0.6) is 0 Å². The molecule has 2 aromatic rings. The van der Waals surface area contributed by atoms with Crippen LogP contribution in [0.1, 0.15) is 13.3 Å². The zero-order valence-electron chi connectivity index (χ0n) is 10.6. The van der Waals surface area contributed by atoms with E-state index in [1.54, 1.807) is 10.9 Å². The summed E-state index contributed by atoms with van der Waals surface area (Å²) >= 11 is 0. The quantitative estimate of drug-likeness (QED) is 0.627. The first-order valence-electron chi connectivity index (χ1n) is 5.94. The Balaban J connectivity index is 2.02. The second-order valence-electron chi connectivity index (χ2n) is 3.96. The van der Waals surface area contributed by atoms with E-state index in [0.29, 0.717) is 5.95 Å². The molecule has 0 unspecified atom stereocenters. The molecule has 0 atom stereocenters. The van der Waals surface area contributed by atoms with Crippen LogP contribution in [0.3, 0.4) is 0 Å². The van der Waals surface area contributed by atoms with Crippen molar-refractivity contribution in [2.75, 3.05) is 11.9 Å². The van der Waals surface area contributed by atoms with Crippen LogP contribution in [0.2, 0.25) is 0 Å². The van der Waals surface area contributed by atoms with Gasteiger partial charge in [-0.3, -0.25) is 0 Å². The zero-order chi connectivity index (χ0) is 12.8. The summed E-state index contributed by atoms with van der Waals surface area (Å²) in [4.78, 5) is 0. The number of rotatable bonds is 5. The average molecular weight is 245 g/mol. The number of hydrogen-bond acceptors (Lipinski definition) is 4. The second kappa shape index (κ2) is 5.90. The SMILES string of the molecule is CCCNc1ccc(N=Nc2[nH]nc[n+]2C)cc1. The summed E-state index contributed by atoms with van der Waals surface area (Å²) < 4.78 is 1.76. The minimum atomic E-state index is 0.614. The predicted molar refractivity (Wildman–Crippen MR) is 69.2 cm³/mol. The molecule has 0 aliphatic heterocycles. The molecule has 18 heavy (non-hydrogen) atoms. The van der Waals surface area contributed by atoms with Gasteiger partial charge in [0.2, 0.25) is 6.33 Å². The maximum atomic E-state index is 4.14. The van der Waals surface area contributed by atoms with Gasteiger partial charge >= 0.3 is 5.95 Å². The van der Waals surface area contributed by atoms with Crippen molar-refractivity contribution in [3.63, 3.8) is 0 Å². The molecule has 0 radical (unpaired) electrons. The number of hydrogen-bond donors (Lipinski definition) is 2. The van der Waals surface area contributed by atoms with Gasteiger partial charge in [0.05, 0.1) is 12.7 Å². The smallest absolute Gasteiger partial charge is 0.385 e. The van der Waals surface area contributed by atoms with Crippen molar-refractivity contribution in [2.24, 2.45) is 17.3 Å². The lowest BCUT2D eigenvalue weighted by Gasteiger charge is -2.03. The van der Waals surface area contributed by atoms with Crippen molar-refractivity contribution in [1.29, 1.82) is 0 Å². The van der Waals surface area contributed by atoms with Gasteiger partial charge in [-0.1, -0.05) is 12.0 Å². The predicted octanol–water partition coefficient (Wildman–Crippen LogP) is 2.47. The number of nitrogens with zero attached hydrogens (tertiary/aromatic N) is 4. The molecule has 2 rings (SSSR count). The Labute approximate surface area is 106 Å². The van der Waals surface area contributed by atoms with Crippen LogP contribution in [-0.2, 0) is 7.05 Å². The first-order valence-corrected chi connectivity index (χ1v) is 5.94. The minimum absolute atomic E-state index is 0.614. The standard InChI is InChI=1S/C12H16N6/c1-3-8-13-10-4-6-11(7-5-10)15-17-12-16-14-9-18(12)2/h4-7,9H,3,8H2,1-2H3,(H,13,16,17)/p+1. The third kappa shape index (κ3) is 3.13. The van der Waals surface area contributed by atoms with Gasteiger partial charge in [-0.15, -0.1) is 5.10 Å². The van der Waals surface area contributed by atoms with Crippen molar-refractivity contribution >= 4 is 17.3 Å². The first kappa shape index (κ1) is 12.2. The molecule has 0 amide bonds. The topological polar surface area (TPSA) is 69.3 Å². The van der Waals surface area contributed by atoms with E-state index < -0.39 is 0 Å². The molecule has 1 heterocycles. The maximum absolute atomic E-state index is 4.14. The van der Waals surface area contributed by atoms with E-state index >= 15 is 0 Å². The monoisotopic (exact) mass is 245 g/mol. The number of nitrogens with one attached hydrogen (secondary N) is 2. The fourth-order valence-corrected chi connectivity index (χ4v) is 1.42. The van der Waals surface area contributed by atoms with Gasteiger partial charge in [0.1, 0.15) is 0 Å². The molecular weight excluding hydrogens is 228 g/mol. The highest BCUT2D eigenvalue weighted by atomic mass is 15.3. The van der Waals surface area contributed by atoms with Crippen LogP contribution in [0.4, 0.5) is 17.3 Å². The van der Waals surface area contributed by atoms with Crippen LogP contribution < -0.4 is 9.88 Å². The molecule has 2 N–H and O–H groups in total. The Kier molecular flexibility index (Phi) is 4.01. The van der Waals surface area contributed by atoms with E-state index in [1.165, 1.54) is 0 Å². The lowest BCUT2D eigenvalue weighted by Crippen LogP contribution is -2.24. The Morgan fingerprint density at radius 1 is 1.28 bits per heavy atom. The summed E-state index contributed by atoms with van der Waals surface area (Å²) in [5, 5.41) is 18.1. The number of azo groups is 1. The van der Waals surface area contributed by atoms with E-state index in [4.69, 9.17) is 0 Å². The van der Waals surface area contributed by atoms with Crippen molar-refractivity contribution in [3.05, 3.63) is 30.6 Å². The van der Waals surface area contributed by atoms with Gasteiger partial charge in [-0.25, -0.2) is 4.57 Å². The Morgan fingerprint density at radius 2 is 2.06 bits per heavy atom. The summed E-state index contributed by atoms with van der Waals surface area (Å²) in [5.74, 6) is 0.614. The average Bonchev–Trinajstić information content (AvgIpc) is 2.81. The Morgan fingerprint density at radius 3 is 2.67 bits per heavy atom. The van der Waals surface area contributed by atoms with Gasteiger partial charge in [-0.05, 0) is 35.8 Å². The highest BCUT2D eigenvalue weighted by Gasteiger charge is 2.04. The molecular formula is C12H17N6+. The molecule has 0 aliphatic rings. The molecule has 6 nitrogen and oxygen atoms in total. The third-order valence-corrected chi connectivity index (χ3v) is 2.44. The third-order valence-electron chi connectivity index (χ3n) is 2.44. The molecule has 0 saturated heterocycles. The molecule has 0 spiro atoms. The number of aromatic nitrogens is 3. The van der Waals surface area contributed by atoms with Crippen LogP contribution >= 0.6 is 0 Å². The Hall–Kier alpha value is -2.24. The minimum Gasteiger partial charge on any atom is -0.385 e. The molecule has 0 saturated carbocycles. The van der Waals surface area contributed by atoms with Crippen LogP contribution in [0.25, 0.3) is 0 Å². The molecule has 94 valence electrons. The van der Waals surface area contributed by atoms with Crippen LogP contribution in [0, 0.1) is 0 Å². The van der Waals surface area contributed by atoms with Crippen LogP contribution in [0.15, 0.2) is 40.8 Å². The van der Waals surface area contributed by atoms with Gasteiger partial charge in [-0.2, -0.15) is 0 Å². The maximum Gasteiger partial charge on any atom is 0.401 e. The Bertz CT molecular complexity index is 514. The number of H-pyrrole nitrogens is 1. The fraction of sp³-hybridized carbons (Fsp3) is 0.333. The van der Waals surface area contributed by atoms with Crippen molar-refractivity contribution in [3.8, 4) is 0 Å².